The van der Waals surface area contributed by atoms with E-state index in [2.05, 4.69) is 29.0 Å². The highest BCUT2D eigenvalue weighted by atomic mass is 35.5. The van der Waals surface area contributed by atoms with Gasteiger partial charge in [0, 0.05) is 35.7 Å². The molecular formula is C25H31ClN4O3. The minimum Gasteiger partial charge on any atom is -0.448 e. The van der Waals surface area contributed by atoms with Crippen molar-refractivity contribution in [3.63, 3.8) is 0 Å². The van der Waals surface area contributed by atoms with Crippen LogP contribution in [0.4, 0.5) is 10.5 Å². The van der Waals surface area contributed by atoms with Crippen LogP contribution in [-0.4, -0.2) is 53.0 Å². The number of cyclic esters (lactones) is 1. The molecule has 8 heteroatoms. The van der Waals surface area contributed by atoms with Gasteiger partial charge in [0.2, 0.25) is 0 Å². The molecule has 0 atom stereocenters. The smallest absolute Gasteiger partial charge is 0.410 e. The van der Waals surface area contributed by atoms with Crippen LogP contribution in [0.5, 0.6) is 0 Å². The number of amides is 2. The third kappa shape index (κ3) is 4.66. The van der Waals surface area contributed by atoms with Crippen molar-refractivity contribution >= 4 is 41.7 Å². The van der Waals surface area contributed by atoms with Gasteiger partial charge in [-0.2, -0.15) is 0 Å². The molecule has 0 unspecified atom stereocenters. The van der Waals surface area contributed by atoms with Crippen LogP contribution in [0.3, 0.4) is 0 Å². The van der Waals surface area contributed by atoms with Gasteiger partial charge >= 0.3 is 6.09 Å². The third-order valence-corrected chi connectivity index (χ3v) is 6.84. The van der Waals surface area contributed by atoms with E-state index in [0.29, 0.717) is 25.3 Å². The Hall–Kier alpha value is -2.77. The Labute approximate surface area is 200 Å². The topological polar surface area (TPSA) is 77.7 Å². The van der Waals surface area contributed by atoms with Crippen molar-refractivity contribution in [3.05, 3.63) is 51.8 Å². The van der Waals surface area contributed by atoms with Gasteiger partial charge in [0.05, 0.1) is 12.1 Å². The highest BCUT2D eigenvalue weighted by molar-refractivity contribution is 6.34. The molecule has 176 valence electrons. The van der Waals surface area contributed by atoms with Crippen LogP contribution in [0.25, 0.3) is 11.6 Å². The Balaban J connectivity index is 0.00000259. The van der Waals surface area contributed by atoms with E-state index in [1.807, 2.05) is 24.3 Å². The number of aryl methyl sites for hydroxylation is 1. The van der Waals surface area contributed by atoms with E-state index in [0.717, 1.165) is 42.1 Å². The van der Waals surface area contributed by atoms with Gasteiger partial charge in [-0.05, 0) is 74.7 Å². The van der Waals surface area contributed by atoms with Gasteiger partial charge in [0.15, 0.2) is 0 Å². The number of hydrogen-bond acceptors (Lipinski definition) is 4. The number of likely N-dealkylation sites (tertiary alicyclic amines) is 1. The summed E-state index contributed by atoms with van der Waals surface area (Å²) in [5.74, 6) is -0.0954. The molecular weight excluding hydrogens is 440 g/mol. The summed E-state index contributed by atoms with van der Waals surface area (Å²) in [5.41, 5.74) is 8.01. The Morgan fingerprint density at radius 3 is 2.58 bits per heavy atom. The lowest BCUT2D eigenvalue weighted by molar-refractivity contribution is -0.110. The van der Waals surface area contributed by atoms with Crippen molar-refractivity contribution in [1.82, 2.24) is 14.8 Å². The monoisotopic (exact) mass is 470 g/mol. The summed E-state index contributed by atoms with van der Waals surface area (Å²) < 4.78 is 5.03. The first kappa shape index (κ1) is 23.4. The van der Waals surface area contributed by atoms with Crippen molar-refractivity contribution < 1.29 is 14.3 Å². The first-order valence-corrected chi connectivity index (χ1v) is 11.5. The number of aromatic amines is 1. The van der Waals surface area contributed by atoms with Crippen molar-refractivity contribution in [2.75, 3.05) is 31.6 Å². The van der Waals surface area contributed by atoms with E-state index in [4.69, 9.17) is 4.74 Å². The quantitative estimate of drug-likeness (QED) is 0.631. The molecule has 2 amide bonds. The summed E-state index contributed by atoms with van der Waals surface area (Å²) in [6, 6.07) is 5.87. The van der Waals surface area contributed by atoms with Crippen LogP contribution < -0.4 is 5.32 Å². The molecule has 0 radical (unpaired) electrons. The maximum atomic E-state index is 12.8. The number of piperidine rings is 1. The maximum absolute atomic E-state index is 12.8. The molecule has 2 N–H and O–H groups in total. The highest BCUT2D eigenvalue weighted by Crippen LogP contribution is 2.35. The largest absolute Gasteiger partial charge is 0.448 e. The van der Waals surface area contributed by atoms with Crippen molar-refractivity contribution in [2.45, 2.75) is 46.2 Å². The first-order valence-electron chi connectivity index (χ1n) is 11.5. The van der Waals surface area contributed by atoms with E-state index < -0.39 is 0 Å². The van der Waals surface area contributed by atoms with Crippen molar-refractivity contribution in [1.29, 1.82) is 0 Å². The Kier molecular flexibility index (Phi) is 6.81. The summed E-state index contributed by atoms with van der Waals surface area (Å²) in [6.07, 6.45) is 5.56. The summed E-state index contributed by atoms with van der Waals surface area (Å²) in [4.78, 5) is 32.3. The molecule has 1 aromatic heterocycles. The number of halogens is 1. The fourth-order valence-corrected chi connectivity index (χ4v) is 4.95. The van der Waals surface area contributed by atoms with Crippen molar-refractivity contribution in [3.8, 4) is 0 Å². The Morgan fingerprint density at radius 2 is 1.85 bits per heavy atom. The number of rotatable bonds is 5. The van der Waals surface area contributed by atoms with Crippen LogP contribution in [0.15, 0.2) is 18.2 Å². The van der Waals surface area contributed by atoms with Crippen LogP contribution in [0.2, 0.25) is 0 Å². The van der Waals surface area contributed by atoms with Crippen LogP contribution in [0.1, 0.15) is 52.9 Å². The lowest BCUT2D eigenvalue weighted by Crippen LogP contribution is -2.29. The molecule has 1 aromatic carbocycles. The lowest BCUT2D eigenvalue weighted by Gasteiger charge is -2.26. The maximum Gasteiger partial charge on any atom is 0.410 e. The number of fused-ring (bicyclic) bond motifs is 1. The van der Waals surface area contributed by atoms with Gasteiger partial charge in [-0.1, -0.05) is 12.5 Å². The van der Waals surface area contributed by atoms with Gasteiger partial charge in [-0.3, -0.25) is 9.69 Å². The zero-order chi connectivity index (χ0) is 22.2. The SMILES string of the molecule is Cc1[nH]c(/C=C2\C(=O)Nc3ccc(CN4CCOC4=O)cc32)c(C)c1CN1CCCCC1.Cl. The molecule has 5 rings (SSSR count). The average Bonchev–Trinajstić information content (AvgIpc) is 3.41. The molecule has 2 saturated heterocycles. The van der Waals surface area contributed by atoms with Crippen LogP contribution in [0, 0.1) is 13.8 Å². The van der Waals surface area contributed by atoms with Gasteiger partial charge in [0.25, 0.3) is 5.91 Å². The molecule has 4 heterocycles. The lowest BCUT2D eigenvalue weighted by atomic mass is 10.0. The standard InChI is InChI=1S/C25H30N4O3.ClH/c1-16-21(15-28-8-4-3-5-9-28)17(2)26-23(16)13-20-19-12-18(6-7-22(19)27-24(20)30)14-29-10-11-32-25(29)31;/h6-7,12-13,26H,3-5,8-11,14-15H2,1-2H3,(H,27,30);1H/b20-13-;. The van der Waals surface area contributed by atoms with Gasteiger partial charge < -0.3 is 19.9 Å². The minimum absolute atomic E-state index is 0. The number of anilines is 1. The number of aromatic nitrogens is 1. The Bertz CT molecular complexity index is 1100. The van der Waals surface area contributed by atoms with E-state index in [1.165, 1.54) is 36.1 Å². The number of hydrogen-bond donors (Lipinski definition) is 2. The fourth-order valence-electron chi connectivity index (χ4n) is 4.95. The molecule has 0 bridgehead atoms. The predicted molar refractivity (Wildman–Crippen MR) is 131 cm³/mol. The summed E-state index contributed by atoms with van der Waals surface area (Å²) in [7, 11) is 0. The van der Waals surface area contributed by atoms with E-state index in [1.54, 1.807) is 4.90 Å². The number of benzene rings is 1. The van der Waals surface area contributed by atoms with E-state index >= 15 is 0 Å². The van der Waals surface area contributed by atoms with Gasteiger partial charge in [0.1, 0.15) is 6.61 Å². The molecule has 2 aromatic rings. The van der Waals surface area contributed by atoms with E-state index in [-0.39, 0.29) is 24.4 Å². The van der Waals surface area contributed by atoms with Gasteiger partial charge in [-0.15, -0.1) is 12.4 Å². The summed E-state index contributed by atoms with van der Waals surface area (Å²) >= 11 is 0. The second-order valence-corrected chi connectivity index (χ2v) is 9.03. The number of nitrogens with zero attached hydrogens (tertiary/aromatic N) is 2. The summed E-state index contributed by atoms with van der Waals surface area (Å²) in [6.45, 7) is 9.02. The fraction of sp³-hybridized carbons (Fsp3) is 0.440. The number of carbonyl (C=O) groups is 2. The average molecular weight is 471 g/mol. The Morgan fingerprint density at radius 1 is 1.06 bits per heavy atom. The zero-order valence-electron chi connectivity index (χ0n) is 19.2. The second-order valence-electron chi connectivity index (χ2n) is 9.03. The van der Waals surface area contributed by atoms with Crippen LogP contribution in [-0.2, 0) is 22.6 Å². The predicted octanol–water partition coefficient (Wildman–Crippen LogP) is 4.48. The zero-order valence-corrected chi connectivity index (χ0v) is 20.0. The molecule has 2 fully saturated rings. The number of H-pyrrole nitrogens is 1. The van der Waals surface area contributed by atoms with E-state index in [9.17, 15) is 9.59 Å². The molecule has 7 nitrogen and oxygen atoms in total. The first-order chi connectivity index (χ1) is 15.5. The van der Waals surface area contributed by atoms with Crippen molar-refractivity contribution in [2.24, 2.45) is 0 Å². The minimum atomic E-state index is -0.283. The molecule has 3 aliphatic rings. The van der Waals surface area contributed by atoms with Crippen LogP contribution >= 0.6 is 12.4 Å². The highest BCUT2D eigenvalue weighted by Gasteiger charge is 2.27. The number of nitrogens with one attached hydrogen (secondary N) is 2. The summed E-state index contributed by atoms with van der Waals surface area (Å²) in [5, 5.41) is 2.97. The number of carbonyl (C=O) groups excluding carboxylic acids is 2. The molecule has 0 saturated carbocycles. The molecule has 0 aliphatic carbocycles. The normalized spacial score (nSPS) is 19.5. The third-order valence-electron chi connectivity index (χ3n) is 6.84. The second kappa shape index (κ2) is 9.61. The van der Waals surface area contributed by atoms with Gasteiger partial charge in [-0.25, -0.2) is 4.79 Å². The molecule has 3 aliphatic heterocycles. The number of ether oxygens (including phenoxy) is 1. The molecule has 33 heavy (non-hydrogen) atoms. The molecule has 0 spiro atoms.